The highest BCUT2D eigenvalue weighted by Gasteiger charge is 2.50. The molecule has 270 valence electrons. The van der Waals surface area contributed by atoms with Gasteiger partial charge in [0.1, 0.15) is 0 Å². The molecule has 2 aromatic heterocycles. The van der Waals surface area contributed by atoms with Crippen molar-refractivity contribution in [2.45, 2.75) is 15.2 Å². The minimum Gasteiger partial charge on any atom is -0.247 e. The SMILES string of the molecule is c1ccc(-c2cc(-c3cccc(-c4nc5ccccc5c5cc6c(cc45)-c4ccccc4C64c5ccccc5Sc5ccccc54)c3)nc(-c3ccccc3)n2)cc1. The van der Waals surface area contributed by atoms with Crippen LogP contribution in [-0.2, 0) is 5.41 Å². The topological polar surface area (TPSA) is 38.7 Å². The molecule has 0 saturated heterocycles. The zero-order valence-corrected chi connectivity index (χ0v) is 32.1. The van der Waals surface area contributed by atoms with Crippen LogP contribution in [0, 0.1) is 0 Å². The summed E-state index contributed by atoms with van der Waals surface area (Å²) in [4.78, 5) is 18.3. The third-order valence-electron chi connectivity index (χ3n) is 11.9. The van der Waals surface area contributed by atoms with Gasteiger partial charge in [-0.25, -0.2) is 15.0 Å². The zero-order chi connectivity index (χ0) is 38.2. The molecule has 4 heteroatoms. The van der Waals surface area contributed by atoms with Crippen molar-refractivity contribution in [2.24, 2.45) is 0 Å². The summed E-state index contributed by atoms with van der Waals surface area (Å²) in [5.74, 6) is 0.698. The number of para-hydroxylation sites is 1. The van der Waals surface area contributed by atoms with Crippen LogP contribution in [0.2, 0.25) is 0 Å². The molecule has 0 atom stereocenters. The molecular formula is C54H33N3S. The van der Waals surface area contributed by atoms with Crippen molar-refractivity contribution in [1.82, 2.24) is 15.0 Å². The Morgan fingerprint density at radius 2 is 0.931 bits per heavy atom. The predicted octanol–water partition coefficient (Wildman–Crippen LogP) is 13.7. The molecule has 0 radical (unpaired) electrons. The van der Waals surface area contributed by atoms with Gasteiger partial charge in [0.25, 0.3) is 0 Å². The van der Waals surface area contributed by atoms with Crippen molar-refractivity contribution in [3.05, 3.63) is 222 Å². The Kier molecular flexibility index (Phi) is 7.38. The third kappa shape index (κ3) is 4.92. The summed E-state index contributed by atoms with van der Waals surface area (Å²) in [6.07, 6.45) is 0. The molecule has 0 saturated carbocycles. The highest BCUT2D eigenvalue weighted by Crippen LogP contribution is 2.62. The Hall–Kier alpha value is -7.14. The maximum Gasteiger partial charge on any atom is 0.160 e. The maximum atomic E-state index is 5.46. The van der Waals surface area contributed by atoms with E-state index >= 15 is 0 Å². The van der Waals surface area contributed by atoms with E-state index in [0.29, 0.717) is 5.82 Å². The third-order valence-corrected chi connectivity index (χ3v) is 13.1. The maximum absolute atomic E-state index is 5.46. The summed E-state index contributed by atoms with van der Waals surface area (Å²) in [6.45, 7) is 0. The monoisotopic (exact) mass is 755 g/mol. The van der Waals surface area contributed by atoms with Gasteiger partial charge in [0, 0.05) is 42.8 Å². The first-order valence-corrected chi connectivity index (χ1v) is 20.5. The highest BCUT2D eigenvalue weighted by atomic mass is 32.2. The fourth-order valence-corrected chi connectivity index (χ4v) is 10.6. The standard InChI is InChI=1S/C54H33N3S/c1-3-16-34(17-4-1)48-33-49(57-53(56-48)35-18-5-2-6-19-35)36-20-15-21-37(30-36)52-42-31-41-38-22-7-9-24-43(38)54(46(41)32-40(42)39-23-8-12-27-47(39)55-52)44-25-10-13-28-50(44)58-51-29-14-11-26-45(51)54/h1-33H. The molecule has 0 unspecified atom stereocenters. The minimum absolute atomic E-state index is 0.455. The lowest BCUT2D eigenvalue weighted by atomic mass is 9.67. The highest BCUT2D eigenvalue weighted by molar-refractivity contribution is 7.99. The molecule has 3 nitrogen and oxygen atoms in total. The minimum atomic E-state index is -0.455. The van der Waals surface area contributed by atoms with Gasteiger partial charge in [-0.1, -0.05) is 169 Å². The molecule has 1 aliphatic heterocycles. The largest absolute Gasteiger partial charge is 0.247 e. The Morgan fingerprint density at radius 1 is 0.345 bits per heavy atom. The van der Waals surface area contributed by atoms with Gasteiger partial charge in [-0.05, 0) is 81.2 Å². The normalized spacial score (nSPS) is 13.2. The van der Waals surface area contributed by atoms with Crippen molar-refractivity contribution in [2.75, 3.05) is 0 Å². The molecule has 1 aliphatic carbocycles. The number of nitrogens with zero attached hydrogens (tertiary/aromatic N) is 3. The van der Waals surface area contributed by atoms with Crippen LogP contribution in [0.3, 0.4) is 0 Å². The van der Waals surface area contributed by atoms with Crippen LogP contribution in [-0.4, -0.2) is 15.0 Å². The van der Waals surface area contributed by atoms with Crippen molar-refractivity contribution < 1.29 is 0 Å². The number of rotatable bonds is 4. The Bertz CT molecular complexity index is 3160. The molecular weight excluding hydrogens is 723 g/mol. The van der Waals surface area contributed by atoms with Gasteiger partial charge in [0.2, 0.25) is 0 Å². The molecule has 3 heterocycles. The molecule has 0 amide bonds. The molecule has 8 aromatic carbocycles. The second-order valence-corrected chi connectivity index (χ2v) is 16.2. The number of benzene rings is 8. The van der Waals surface area contributed by atoms with E-state index in [-0.39, 0.29) is 0 Å². The van der Waals surface area contributed by atoms with E-state index in [0.717, 1.165) is 55.6 Å². The van der Waals surface area contributed by atoms with Gasteiger partial charge in [-0.15, -0.1) is 0 Å². The lowest BCUT2D eigenvalue weighted by Gasteiger charge is -2.39. The quantitative estimate of drug-likeness (QED) is 0.168. The molecule has 2 aliphatic rings. The van der Waals surface area contributed by atoms with Crippen LogP contribution < -0.4 is 0 Å². The van der Waals surface area contributed by atoms with Crippen LogP contribution >= 0.6 is 11.8 Å². The second kappa shape index (κ2) is 13.0. The van der Waals surface area contributed by atoms with Crippen LogP contribution in [0.15, 0.2) is 210 Å². The van der Waals surface area contributed by atoms with E-state index in [1.54, 1.807) is 0 Å². The van der Waals surface area contributed by atoms with E-state index in [2.05, 4.69) is 176 Å². The second-order valence-electron chi connectivity index (χ2n) is 15.1. The number of hydrogen-bond donors (Lipinski definition) is 0. The first kappa shape index (κ1) is 33.0. The molecule has 58 heavy (non-hydrogen) atoms. The Labute approximate surface area is 340 Å². The molecule has 12 rings (SSSR count). The lowest BCUT2D eigenvalue weighted by molar-refractivity contribution is 0.723. The average Bonchev–Trinajstić information content (AvgIpc) is 3.58. The van der Waals surface area contributed by atoms with Crippen molar-refractivity contribution in [3.8, 4) is 56.3 Å². The summed E-state index contributed by atoms with van der Waals surface area (Å²) in [6, 6.07) is 71.9. The summed E-state index contributed by atoms with van der Waals surface area (Å²) in [7, 11) is 0. The number of hydrogen-bond acceptors (Lipinski definition) is 4. The average molecular weight is 756 g/mol. The van der Waals surface area contributed by atoms with E-state index in [4.69, 9.17) is 15.0 Å². The van der Waals surface area contributed by atoms with E-state index < -0.39 is 5.41 Å². The van der Waals surface area contributed by atoms with Gasteiger partial charge < -0.3 is 0 Å². The zero-order valence-electron chi connectivity index (χ0n) is 31.3. The first-order chi connectivity index (χ1) is 28.7. The molecule has 10 aromatic rings. The van der Waals surface area contributed by atoms with Crippen molar-refractivity contribution >= 4 is 33.4 Å². The van der Waals surface area contributed by atoms with Crippen molar-refractivity contribution in [1.29, 1.82) is 0 Å². The summed E-state index contributed by atoms with van der Waals surface area (Å²) >= 11 is 1.88. The predicted molar refractivity (Wildman–Crippen MR) is 238 cm³/mol. The van der Waals surface area contributed by atoms with Crippen LogP contribution in [0.25, 0.3) is 78.0 Å². The van der Waals surface area contributed by atoms with Crippen LogP contribution in [0.1, 0.15) is 22.3 Å². The Morgan fingerprint density at radius 3 is 1.69 bits per heavy atom. The first-order valence-electron chi connectivity index (χ1n) is 19.7. The van der Waals surface area contributed by atoms with Crippen LogP contribution in [0.4, 0.5) is 0 Å². The number of pyridine rings is 1. The molecule has 0 fully saturated rings. The molecule has 0 N–H and O–H groups in total. The van der Waals surface area contributed by atoms with Gasteiger partial charge >= 0.3 is 0 Å². The number of aromatic nitrogens is 3. The smallest absolute Gasteiger partial charge is 0.160 e. The fourth-order valence-electron chi connectivity index (χ4n) is 9.41. The summed E-state index contributed by atoms with van der Waals surface area (Å²) in [5.41, 5.74) is 15.2. The summed E-state index contributed by atoms with van der Waals surface area (Å²) in [5, 5.41) is 3.48. The van der Waals surface area contributed by atoms with Crippen LogP contribution in [0.5, 0.6) is 0 Å². The van der Waals surface area contributed by atoms with E-state index in [9.17, 15) is 0 Å². The van der Waals surface area contributed by atoms with Gasteiger partial charge in [0.15, 0.2) is 5.82 Å². The van der Waals surface area contributed by atoms with Gasteiger partial charge in [0.05, 0.1) is 28.0 Å². The van der Waals surface area contributed by atoms with E-state index in [1.807, 2.05) is 36.0 Å². The molecule has 0 bridgehead atoms. The fraction of sp³-hybridized carbons (Fsp3) is 0.0185. The summed E-state index contributed by atoms with van der Waals surface area (Å²) < 4.78 is 0. The lowest BCUT2D eigenvalue weighted by Crippen LogP contribution is -2.31. The van der Waals surface area contributed by atoms with Crippen molar-refractivity contribution in [3.63, 3.8) is 0 Å². The van der Waals surface area contributed by atoms with Gasteiger partial charge in [-0.3, -0.25) is 0 Å². The van der Waals surface area contributed by atoms with E-state index in [1.165, 1.54) is 48.6 Å². The number of fused-ring (bicyclic) bond motifs is 12. The Balaban J connectivity index is 1.11. The van der Waals surface area contributed by atoms with Gasteiger partial charge in [-0.2, -0.15) is 0 Å². The molecule has 1 spiro atoms.